The Hall–Kier alpha value is -2.63. The zero-order valence-electron chi connectivity index (χ0n) is 13.2. The number of rotatable bonds is 5. The summed E-state index contributed by atoms with van der Waals surface area (Å²) >= 11 is 0.516. The summed E-state index contributed by atoms with van der Waals surface area (Å²) in [5.74, 6) is -5.12. The number of benzene rings is 1. The summed E-state index contributed by atoms with van der Waals surface area (Å²) in [4.78, 5) is 18.2. The lowest BCUT2D eigenvalue weighted by Gasteiger charge is -2.16. The first-order valence-corrected chi connectivity index (χ1v) is 7.64. The SMILES string of the molecule is CO/N=C(\c1ccc([N+](=O)[O-])c(C)c1)c1nc(C(F)(F)C(F)(F)F)cs1. The quantitative estimate of drug-likeness (QED) is 0.325. The van der Waals surface area contributed by atoms with E-state index in [0.717, 1.165) is 13.2 Å². The average Bonchev–Trinajstić information content (AvgIpc) is 3.01. The fourth-order valence-electron chi connectivity index (χ4n) is 1.99. The van der Waals surface area contributed by atoms with Crippen LogP contribution in [0, 0.1) is 17.0 Å². The topological polar surface area (TPSA) is 77.6 Å². The number of hydrogen-bond donors (Lipinski definition) is 0. The minimum atomic E-state index is -5.79. The predicted octanol–water partition coefficient (Wildman–Crippen LogP) is 4.41. The molecule has 0 aliphatic carbocycles. The van der Waals surface area contributed by atoms with Crippen LogP contribution in [0.3, 0.4) is 0 Å². The molecule has 0 fully saturated rings. The summed E-state index contributed by atoms with van der Waals surface area (Å²) in [5.41, 5.74) is -1.32. The second-order valence-corrected chi connectivity index (χ2v) is 5.85. The van der Waals surface area contributed by atoms with E-state index in [1.54, 1.807) is 0 Å². The molecular formula is C14H10F5N3O3S. The molecule has 0 radical (unpaired) electrons. The Morgan fingerprint density at radius 3 is 2.46 bits per heavy atom. The van der Waals surface area contributed by atoms with E-state index < -0.39 is 22.7 Å². The van der Waals surface area contributed by atoms with Crippen molar-refractivity contribution in [2.45, 2.75) is 19.0 Å². The minimum absolute atomic E-state index is 0.125. The third-order valence-electron chi connectivity index (χ3n) is 3.23. The van der Waals surface area contributed by atoms with Crippen molar-refractivity contribution < 1.29 is 31.7 Å². The van der Waals surface area contributed by atoms with Gasteiger partial charge in [0.1, 0.15) is 23.5 Å². The lowest BCUT2D eigenvalue weighted by molar-refractivity contribution is -0.385. The van der Waals surface area contributed by atoms with Crippen LogP contribution in [0.2, 0.25) is 0 Å². The summed E-state index contributed by atoms with van der Waals surface area (Å²) in [5, 5.41) is 14.8. The molecule has 0 amide bonds. The standard InChI is InChI=1S/C14H10F5N3O3S/c1-7-5-8(3-4-9(7)22(23)24)11(21-25-2)12-20-10(6-26-12)13(15,16)14(17,18)19/h3-6H,1-2H3/b21-11+. The molecule has 2 aromatic rings. The molecule has 1 aromatic carbocycles. The molecule has 140 valence electrons. The molecule has 0 spiro atoms. The van der Waals surface area contributed by atoms with E-state index in [9.17, 15) is 32.1 Å². The van der Waals surface area contributed by atoms with Crippen molar-refractivity contribution in [1.82, 2.24) is 4.98 Å². The van der Waals surface area contributed by atoms with E-state index in [1.165, 1.54) is 19.1 Å². The van der Waals surface area contributed by atoms with Crippen molar-refractivity contribution in [3.8, 4) is 0 Å². The van der Waals surface area contributed by atoms with Crippen molar-refractivity contribution in [3.63, 3.8) is 0 Å². The average molecular weight is 395 g/mol. The van der Waals surface area contributed by atoms with Crippen LogP contribution in [0.25, 0.3) is 0 Å². The van der Waals surface area contributed by atoms with Crippen LogP contribution in [0.15, 0.2) is 28.7 Å². The molecule has 26 heavy (non-hydrogen) atoms. The van der Waals surface area contributed by atoms with Crippen LogP contribution in [0.5, 0.6) is 0 Å². The maximum Gasteiger partial charge on any atom is 0.459 e. The molecule has 6 nitrogen and oxygen atoms in total. The number of oxime groups is 1. The highest BCUT2D eigenvalue weighted by atomic mass is 32.1. The third-order valence-corrected chi connectivity index (χ3v) is 4.08. The van der Waals surface area contributed by atoms with Crippen LogP contribution in [-0.4, -0.2) is 28.9 Å². The van der Waals surface area contributed by atoms with Gasteiger partial charge in [0, 0.05) is 22.6 Å². The Labute approximate surface area is 147 Å². The number of nitro groups is 1. The first-order chi connectivity index (χ1) is 12.0. The fourth-order valence-corrected chi connectivity index (χ4v) is 2.83. The van der Waals surface area contributed by atoms with E-state index in [1.807, 2.05) is 0 Å². The largest absolute Gasteiger partial charge is 0.459 e. The normalized spacial score (nSPS) is 13.0. The Balaban J connectivity index is 2.49. The lowest BCUT2D eigenvalue weighted by Crippen LogP contribution is -2.34. The lowest BCUT2D eigenvalue weighted by atomic mass is 10.1. The van der Waals surface area contributed by atoms with Gasteiger partial charge in [0.2, 0.25) is 0 Å². The Kier molecular flexibility index (Phi) is 5.26. The molecule has 0 aliphatic rings. The summed E-state index contributed by atoms with van der Waals surface area (Å²) in [6.45, 7) is 1.44. The van der Waals surface area contributed by atoms with E-state index >= 15 is 0 Å². The number of nitro benzene ring substituents is 1. The first-order valence-electron chi connectivity index (χ1n) is 6.76. The van der Waals surface area contributed by atoms with Crippen LogP contribution < -0.4 is 0 Å². The van der Waals surface area contributed by atoms with E-state index in [2.05, 4.69) is 15.0 Å². The van der Waals surface area contributed by atoms with E-state index in [4.69, 9.17) is 0 Å². The van der Waals surface area contributed by atoms with Gasteiger partial charge in [-0.25, -0.2) is 4.98 Å². The summed E-state index contributed by atoms with van der Waals surface area (Å²) in [6, 6.07) is 3.76. The number of alkyl halides is 5. The van der Waals surface area contributed by atoms with Gasteiger partial charge in [-0.2, -0.15) is 22.0 Å². The molecular weight excluding hydrogens is 385 g/mol. The van der Waals surface area contributed by atoms with Crippen molar-refractivity contribution in [2.75, 3.05) is 7.11 Å². The predicted molar refractivity (Wildman–Crippen MR) is 82.5 cm³/mol. The summed E-state index contributed by atoms with van der Waals surface area (Å²) in [6.07, 6.45) is -5.79. The van der Waals surface area contributed by atoms with Gasteiger partial charge in [0.15, 0.2) is 0 Å². The van der Waals surface area contributed by atoms with Gasteiger partial charge in [-0.05, 0) is 19.1 Å². The molecule has 0 saturated heterocycles. The Morgan fingerprint density at radius 2 is 1.96 bits per heavy atom. The number of aryl methyl sites for hydroxylation is 1. The molecule has 12 heteroatoms. The van der Waals surface area contributed by atoms with Crippen LogP contribution in [0.1, 0.15) is 21.8 Å². The highest BCUT2D eigenvalue weighted by Crippen LogP contribution is 2.44. The van der Waals surface area contributed by atoms with E-state index in [-0.39, 0.29) is 27.5 Å². The fraction of sp³-hybridized carbons (Fsp3) is 0.286. The number of halogens is 5. The molecule has 0 unspecified atom stereocenters. The molecule has 1 aromatic heterocycles. The maximum atomic E-state index is 13.4. The molecule has 2 rings (SSSR count). The molecule has 0 atom stereocenters. The van der Waals surface area contributed by atoms with Crippen molar-refractivity contribution in [2.24, 2.45) is 5.16 Å². The van der Waals surface area contributed by atoms with Gasteiger partial charge < -0.3 is 4.84 Å². The van der Waals surface area contributed by atoms with Crippen molar-refractivity contribution in [1.29, 1.82) is 0 Å². The minimum Gasteiger partial charge on any atom is -0.399 e. The second kappa shape index (κ2) is 6.94. The first kappa shape index (κ1) is 19.7. The van der Waals surface area contributed by atoms with Crippen molar-refractivity contribution in [3.05, 3.63) is 55.5 Å². The van der Waals surface area contributed by atoms with Crippen LogP contribution in [-0.2, 0) is 10.8 Å². The van der Waals surface area contributed by atoms with Gasteiger partial charge in [-0.1, -0.05) is 5.16 Å². The molecule has 1 heterocycles. The zero-order chi connectivity index (χ0) is 19.7. The maximum absolute atomic E-state index is 13.4. The Bertz CT molecular complexity index is 864. The number of thiazole rings is 1. The smallest absolute Gasteiger partial charge is 0.399 e. The number of nitrogens with zero attached hydrogens (tertiary/aromatic N) is 3. The molecule has 0 bridgehead atoms. The van der Waals surface area contributed by atoms with Gasteiger partial charge in [0.25, 0.3) is 5.69 Å². The molecule has 0 aliphatic heterocycles. The van der Waals surface area contributed by atoms with Gasteiger partial charge in [-0.3, -0.25) is 10.1 Å². The van der Waals surface area contributed by atoms with Crippen molar-refractivity contribution >= 4 is 22.7 Å². The monoisotopic (exact) mass is 395 g/mol. The number of aromatic nitrogens is 1. The number of hydrogen-bond acceptors (Lipinski definition) is 6. The third kappa shape index (κ3) is 3.64. The van der Waals surface area contributed by atoms with Gasteiger partial charge in [0.05, 0.1) is 4.92 Å². The Morgan fingerprint density at radius 1 is 1.31 bits per heavy atom. The van der Waals surface area contributed by atoms with Gasteiger partial charge >= 0.3 is 12.1 Å². The second-order valence-electron chi connectivity index (χ2n) is 4.99. The molecule has 0 saturated carbocycles. The molecule has 0 N–H and O–H groups in total. The van der Waals surface area contributed by atoms with Crippen LogP contribution in [0.4, 0.5) is 27.6 Å². The van der Waals surface area contributed by atoms with Gasteiger partial charge in [-0.15, -0.1) is 11.3 Å². The zero-order valence-corrected chi connectivity index (χ0v) is 14.0. The highest BCUT2D eigenvalue weighted by molar-refractivity contribution is 7.12. The van der Waals surface area contributed by atoms with E-state index in [0.29, 0.717) is 16.7 Å². The highest BCUT2D eigenvalue weighted by Gasteiger charge is 2.60. The van der Waals surface area contributed by atoms with Crippen LogP contribution >= 0.6 is 11.3 Å². The summed E-state index contributed by atoms with van der Waals surface area (Å²) < 4.78 is 64.2. The summed E-state index contributed by atoms with van der Waals surface area (Å²) in [7, 11) is 1.15.